The lowest BCUT2D eigenvalue weighted by molar-refractivity contribution is -0.245. The van der Waals surface area contributed by atoms with Crippen LogP contribution in [0.25, 0.3) is 10.9 Å². The van der Waals surface area contributed by atoms with Gasteiger partial charge in [-0.15, -0.1) is 0 Å². The van der Waals surface area contributed by atoms with E-state index in [0.29, 0.717) is 30.2 Å². The molecule has 1 aromatic heterocycles. The molecule has 0 spiro atoms. The van der Waals surface area contributed by atoms with Gasteiger partial charge in [-0.1, -0.05) is 6.92 Å². The third kappa shape index (κ3) is 2.18. The number of carbonyl (C=O) groups excluding carboxylic acids is 1. The third-order valence-electron chi connectivity index (χ3n) is 4.04. The lowest BCUT2D eigenvalue weighted by Gasteiger charge is -2.35. The molecule has 1 atom stereocenters. The molecule has 0 radical (unpaired) electrons. The molecular weight excluding hydrogens is 306 g/mol. The molecule has 0 amide bonds. The number of carbonyl (C=O) groups is 1. The van der Waals surface area contributed by atoms with Crippen LogP contribution in [0, 0.1) is 23.0 Å². The minimum Gasteiger partial charge on any atom is -0.427 e. The number of rotatable bonds is 2. The summed E-state index contributed by atoms with van der Waals surface area (Å²) in [5, 5.41) is 9.41. The molecular formula is C16H14F2N2O3. The predicted molar refractivity (Wildman–Crippen MR) is 76.3 cm³/mol. The maximum Gasteiger partial charge on any atom is 0.305 e. The summed E-state index contributed by atoms with van der Waals surface area (Å²) in [6, 6.07) is 2.45. The van der Waals surface area contributed by atoms with Gasteiger partial charge in [-0.3, -0.25) is 4.79 Å². The molecule has 0 saturated carbocycles. The van der Waals surface area contributed by atoms with E-state index in [9.17, 15) is 18.8 Å². The first-order valence-corrected chi connectivity index (χ1v) is 7.20. The molecule has 0 aliphatic carbocycles. The van der Waals surface area contributed by atoms with E-state index in [1.807, 2.05) is 0 Å². The number of benzene rings is 1. The highest BCUT2D eigenvalue weighted by molar-refractivity contribution is 5.91. The van der Waals surface area contributed by atoms with E-state index in [1.165, 1.54) is 6.92 Å². The summed E-state index contributed by atoms with van der Waals surface area (Å²) in [5.74, 6) is -3.65. The average molecular weight is 320 g/mol. The summed E-state index contributed by atoms with van der Waals surface area (Å²) in [7, 11) is 0. The molecule has 120 valence electrons. The van der Waals surface area contributed by atoms with Gasteiger partial charge in [0.15, 0.2) is 0 Å². The monoisotopic (exact) mass is 320 g/mol. The van der Waals surface area contributed by atoms with Crippen LogP contribution in [0.4, 0.5) is 8.78 Å². The molecule has 2 heterocycles. The number of hydrogen-bond donors (Lipinski definition) is 1. The number of fused-ring (bicyclic) bond motifs is 3. The second-order valence-electron chi connectivity index (χ2n) is 5.35. The maximum atomic E-state index is 14.1. The van der Waals surface area contributed by atoms with Crippen LogP contribution in [-0.2, 0) is 26.5 Å². The molecule has 23 heavy (non-hydrogen) atoms. The maximum absolute atomic E-state index is 14.1. The summed E-state index contributed by atoms with van der Waals surface area (Å²) in [6.45, 7) is 3.22. The van der Waals surface area contributed by atoms with Crippen molar-refractivity contribution in [2.24, 2.45) is 0 Å². The summed E-state index contributed by atoms with van der Waals surface area (Å²) < 4.78 is 39.0. The molecule has 0 fully saturated rings. The summed E-state index contributed by atoms with van der Waals surface area (Å²) >= 11 is 0. The Morgan fingerprint density at radius 3 is 2.87 bits per heavy atom. The van der Waals surface area contributed by atoms with Gasteiger partial charge in [0.25, 0.3) is 5.79 Å². The van der Waals surface area contributed by atoms with E-state index in [0.717, 1.165) is 0 Å². The van der Waals surface area contributed by atoms with Crippen molar-refractivity contribution in [3.8, 4) is 6.07 Å². The Labute approximate surface area is 130 Å². The molecule has 2 aromatic rings. The molecule has 7 heteroatoms. The van der Waals surface area contributed by atoms with Gasteiger partial charge in [-0.25, -0.2) is 8.78 Å². The molecule has 0 bridgehead atoms. The highest BCUT2D eigenvalue weighted by Crippen LogP contribution is 2.42. The van der Waals surface area contributed by atoms with Crippen LogP contribution in [0.1, 0.15) is 37.1 Å². The van der Waals surface area contributed by atoms with Crippen molar-refractivity contribution < 1.29 is 23.0 Å². The molecule has 5 nitrogen and oxygen atoms in total. The van der Waals surface area contributed by atoms with Crippen LogP contribution < -0.4 is 0 Å². The van der Waals surface area contributed by atoms with E-state index in [-0.39, 0.29) is 23.1 Å². The van der Waals surface area contributed by atoms with Gasteiger partial charge in [0.2, 0.25) is 0 Å². The SMILES string of the molecule is CCC1(OC(C)=O)OCCc2c1[nH]c1c(F)cc(F)c(C#N)c21. The lowest BCUT2D eigenvalue weighted by Crippen LogP contribution is -2.39. The number of nitrogens with zero attached hydrogens (tertiary/aromatic N) is 1. The van der Waals surface area contributed by atoms with Gasteiger partial charge >= 0.3 is 5.97 Å². The van der Waals surface area contributed by atoms with Crippen molar-refractivity contribution in [3.05, 3.63) is 34.5 Å². The normalized spacial score (nSPS) is 20.1. The van der Waals surface area contributed by atoms with Gasteiger partial charge in [0.05, 0.1) is 23.4 Å². The van der Waals surface area contributed by atoms with Crippen molar-refractivity contribution in [3.63, 3.8) is 0 Å². The van der Waals surface area contributed by atoms with E-state index in [2.05, 4.69) is 4.98 Å². The number of halogens is 2. The second kappa shape index (κ2) is 5.32. The van der Waals surface area contributed by atoms with Crippen molar-refractivity contribution in [1.82, 2.24) is 4.98 Å². The van der Waals surface area contributed by atoms with E-state index >= 15 is 0 Å². The minimum atomic E-state index is -1.38. The molecule has 1 aliphatic heterocycles. The fourth-order valence-corrected chi connectivity index (χ4v) is 3.11. The molecule has 3 rings (SSSR count). The summed E-state index contributed by atoms with van der Waals surface area (Å²) in [4.78, 5) is 14.3. The van der Waals surface area contributed by atoms with Crippen molar-refractivity contribution >= 4 is 16.9 Å². The fourth-order valence-electron chi connectivity index (χ4n) is 3.11. The molecule has 1 unspecified atom stereocenters. The first kappa shape index (κ1) is 15.4. The van der Waals surface area contributed by atoms with Crippen LogP contribution in [0.15, 0.2) is 6.07 Å². The Morgan fingerprint density at radius 2 is 2.26 bits per heavy atom. The quantitative estimate of drug-likeness (QED) is 0.863. The Balaban J connectivity index is 2.37. The van der Waals surface area contributed by atoms with Gasteiger partial charge in [-0.05, 0) is 12.0 Å². The smallest absolute Gasteiger partial charge is 0.305 e. The number of nitriles is 1. The minimum absolute atomic E-state index is 0.0171. The predicted octanol–water partition coefficient (Wildman–Crippen LogP) is 3.02. The first-order valence-electron chi connectivity index (χ1n) is 7.20. The number of nitrogens with one attached hydrogen (secondary N) is 1. The largest absolute Gasteiger partial charge is 0.427 e. The van der Waals surface area contributed by atoms with E-state index in [4.69, 9.17) is 9.47 Å². The number of H-pyrrole nitrogens is 1. The highest BCUT2D eigenvalue weighted by atomic mass is 19.1. The van der Waals surface area contributed by atoms with Crippen LogP contribution in [0.2, 0.25) is 0 Å². The lowest BCUT2D eigenvalue weighted by atomic mass is 9.96. The van der Waals surface area contributed by atoms with E-state index < -0.39 is 23.4 Å². The first-order chi connectivity index (χ1) is 10.9. The third-order valence-corrected chi connectivity index (χ3v) is 4.04. The van der Waals surface area contributed by atoms with Crippen LogP contribution in [0.3, 0.4) is 0 Å². The second-order valence-corrected chi connectivity index (χ2v) is 5.35. The number of esters is 1. The zero-order valence-electron chi connectivity index (χ0n) is 12.6. The van der Waals surface area contributed by atoms with Crippen molar-refractivity contribution in [2.75, 3.05) is 6.61 Å². The fraction of sp³-hybridized carbons (Fsp3) is 0.375. The number of ether oxygens (including phenoxy) is 2. The Hall–Kier alpha value is -2.46. The highest BCUT2D eigenvalue weighted by Gasteiger charge is 2.43. The summed E-state index contributed by atoms with van der Waals surface area (Å²) in [5.41, 5.74) is 0.693. The molecule has 1 aliphatic rings. The Bertz CT molecular complexity index is 853. The standard InChI is InChI=1S/C16H14F2N2O3/c1-3-16(23-8(2)21)15-9(4-5-22-16)13-10(7-19)11(17)6-12(18)14(13)20-15/h6,20H,3-5H2,1-2H3. The van der Waals surface area contributed by atoms with Gasteiger partial charge in [0.1, 0.15) is 17.7 Å². The Kier molecular flexibility index (Phi) is 3.57. The summed E-state index contributed by atoms with van der Waals surface area (Å²) in [6.07, 6.45) is 0.647. The van der Waals surface area contributed by atoms with Gasteiger partial charge in [-0.2, -0.15) is 5.26 Å². The average Bonchev–Trinajstić information content (AvgIpc) is 2.89. The van der Waals surface area contributed by atoms with Crippen LogP contribution in [-0.4, -0.2) is 17.6 Å². The molecule has 1 N–H and O–H groups in total. The number of hydrogen-bond acceptors (Lipinski definition) is 4. The van der Waals surface area contributed by atoms with Crippen molar-refractivity contribution in [1.29, 1.82) is 5.26 Å². The molecule has 1 aromatic carbocycles. The van der Waals surface area contributed by atoms with E-state index in [1.54, 1.807) is 13.0 Å². The van der Waals surface area contributed by atoms with Crippen LogP contribution in [0.5, 0.6) is 0 Å². The zero-order valence-corrected chi connectivity index (χ0v) is 12.6. The zero-order chi connectivity index (χ0) is 16.8. The molecule has 0 saturated heterocycles. The van der Waals surface area contributed by atoms with Gasteiger partial charge in [0, 0.05) is 24.8 Å². The van der Waals surface area contributed by atoms with Crippen LogP contribution >= 0.6 is 0 Å². The number of aromatic nitrogens is 1. The van der Waals surface area contributed by atoms with Crippen molar-refractivity contribution in [2.45, 2.75) is 32.5 Å². The number of aromatic amines is 1. The van der Waals surface area contributed by atoms with Gasteiger partial charge < -0.3 is 14.5 Å². The topological polar surface area (TPSA) is 75.1 Å². The Morgan fingerprint density at radius 1 is 1.52 bits per heavy atom.